The van der Waals surface area contributed by atoms with Crippen molar-refractivity contribution in [3.63, 3.8) is 0 Å². The van der Waals surface area contributed by atoms with Crippen molar-refractivity contribution in [1.82, 2.24) is 5.32 Å². The molecule has 0 unspecified atom stereocenters. The number of benzene rings is 1. The van der Waals surface area contributed by atoms with E-state index in [0.717, 1.165) is 24.8 Å². The average molecular weight is 618 g/mol. The molecule has 2 heterocycles. The molecule has 1 aromatic rings. The zero-order valence-corrected chi connectivity index (χ0v) is 24.7. The van der Waals surface area contributed by atoms with Gasteiger partial charge in [-0.25, -0.2) is 0 Å². The molecule has 8 N–H and O–H groups in total. The number of aliphatic hydroxyl groups is 7. The maximum atomic E-state index is 12.2. The lowest BCUT2D eigenvalue weighted by Gasteiger charge is -2.45. The van der Waals surface area contributed by atoms with Crippen LogP contribution in [0.5, 0.6) is 11.5 Å². The van der Waals surface area contributed by atoms with Crippen LogP contribution < -0.4 is 14.8 Å². The predicted octanol–water partition coefficient (Wildman–Crippen LogP) is -0.935. The molecule has 1 aromatic carbocycles. The molecule has 246 valence electrons. The van der Waals surface area contributed by atoms with Gasteiger partial charge in [0.25, 0.3) is 0 Å². The second-order valence-electron chi connectivity index (χ2n) is 10.9. The van der Waals surface area contributed by atoms with Crippen LogP contribution in [-0.2, 0) is 25.5 Å². The molecular weight excluding hydrogens is 570 g/mol. The lowest BCUT2D eigenvalue weighted by atomic mass is 9.97. The van der Waals surface area contributed by atoms with Crippen LogP contribution in [0.25, 0.3) is 0 Å². The summed E-state index contributed by atoms with van der Waals surface area (Å²) < 4.78 is 27.5. The summed E-state index contributed by atoms with van der Waals surface area (Å²) in [6, 6.07) is 5.06. The SMILES string of the molecule is CCCCCCCCC(=O)NCc1ccc(OC[C@H]2O[C@H](O[C@H]3[C@H](O)[C@@H](O)[C@@H](O)O[C@@H]3CO)[C@H](O)[C@@H](O)[C@@H]2O)c(OC)c1. The number of nitrogens with one attached hydrogen (secondary N) is 1. The summed E-state index contributed by atoms with van der Waals surface area (Å²) in [6.07, 6.45) is -8.89. The highest BCUT2D eigenvalue weighted by Gasteiger charge is 2.50. The highest BCUT2D eigenvalue weighted by Crippen LogP contribution is 2.31. The Hall–Kier alpha value is -2.11. The molecule has 43 heavy (non-hydrogen) atoms. The van der Waals surface area contributed by atoms with Gasteiger partial charge in [0.1, 0.15) is 55.4 Å². The zero-order chi connectivity index (χ0) is 31.5. The Bertz CT molecular complexity index is 982. The molecule has 0 bridgehead atoms. The van der Waals surface area contributed by atoms with E-state index in [1.165, 1.54) is 26.4 Å². The minimum Gasteiger partial charge on any atom is -0.493 e. The van der Waals surface area contributed by atoms with E-state index in [4.69, 9.17) is 23.7 Å². The van der Waals surface area contributed by atoms with Gasteiger partial charge in [-0.3, -0.25) is 4.79 Å². The van der Waals surface area contributed by atoms with Gasteiger partial charge < -0.3 is 64.7 Å². The van der Waals surface area contributed by atoms with Crippen LogP contribution in [0.4, 0.5) is 0 Å². The Morgan fingerprint density at radius 1 is 0.860 bits per heavy atom. The summed E-state index contributed by atoms with van der Waals surface area (Å²) >= 11 is 0. The van der Waals surface area contributed by atoms with Crippen molar-refractivity contribution in [1.29, 1.82) is 0 Å². The fourth-order valence-corrected chi connectivity index (χ4v) is 5.02. The Labute approximate surface area is 251 Å². The lowest BCUT2D eigenvalue weighted by molar-refractivity contribution is -0.354. The number of methoxy groups -OCH3 is 1. The highest BCUT2D eigenvalue weighted by molar-refractivity contribution is 5.75. The monoisotopic (exact) mass is 617 g/mol. The summed E-state index contributed by atoms with van der Waals surface area (Å²) in [5.41, 5.74) is 0.778. The molecule has 0 spiro atoms. The number of carbonyl (C=O) groups is 1. The molecule has 14 heteroatoms. The van der Waals surface area contributed by atoms with Crippen LogP contribution in [-0.4, -0.2) is 123 Å². The van der Waals surface area contributed by atoms with Crippen LogP contribution >= 0.6 is 0 Å². The average Bonchev–Trinajstić information content (AvgIpc) is 3.01. The second-order valence-corrected chi connectivity index (χ2v) is 10.9. The lowest BCUT2D eigenvalue weighted by Crippen LogP contribution is -2.64. The first-order chi connectivity index (χ1) is 20.6. The second kappa shape index (κ2) is 17.4. The molecular formula is C29H47NO13. The van der Waals surface area contributed by atoms with Gasteiger partial charge in [0.2, 0.25) is 5.91 Å². The van der Waals surface area contributed by atoms with E-state index in [-0.39, 0.29) is 18.3 Å². The summed E-state index contributed by atoms with van der Waals surface area (Å²) in [5, 5.41) is 73.9. The highest BCUT2D eigenvalue weighted by atomic mass is 16.7. The number of rotatable bonds is 16. The van der Waals surface area contributed by atoms with Crippen molar-refractivity contribution in [3.05, 3.63) is 23.8 Å². The van der Waals surface area contributed by atoms with Crippen LogP contribution in [0.15, 0.2) is 18.2 Å². The van der Waals surface area contributed by atoms with Crippen LogP contribution in [0.3, 0.4) is 0 Å². The van der Waals surface area contributed by atoms with Crippen molar-refractivity contribution in [2.24, 2.45) is 0 Å². The third-order valence-corrected chi connectivity index (χ3v) is 7.68. The Balaban J connectivity index is 1.55. The molecule has 2 fully saturated rings. The molecule has 2 aliphatic heterocycles. The first-order valence-electron chi connectivity index (χ1n) is 14.8. The van der Waals surface area contributed by atoms with Crippen molar-refractivity contribution >= 4 is 5.91 Å². The van der Waals surface area contributed by atoms with E-state index >= 15 is 0 Å². The third kappa shape index (κ3) is 9.69. The van der Waals surface area contributed by atoms with E-state index in [1.54, 1.807) is 18.2 Å². The van der Waals surface area contributed by atoms with Crippen molar-refractivity contribution in [2.45, 2.75) is 120 Å². The number of hydrogen-bond acceptors (Lipinski definition) is 13. The van der Waals surface area contributed by atoms with Crippen LogP contribution in [0.1, 0.15) is 57.4 Å². The number of aliphatic hydroxyl groups excluding tert-OH is 7. The maximum absolute atomic E-state index is 12.2. The Morgan fingerprint density at radius 3 is 2.28 bits per heavy atom. The van der Waals surface area contributed by atoms with Gasteiger partial charge in [0.15, 0.2) is 24.1 Å². The van der Waals surface area contributed by atoms with Crippen LogP contribution in [0, 0.1) is 0 Å². The number of carbonyl (C=O) groups excluding carboxylic acids is 1. The molecule has 10 atom stereocenters. The first-order valence-corrected chi connectivity index (χ1v) is 14.8. The van der Waals surface area contributed by atoms with Gasteiger partial charge in [-0.05, 0) is 24.1 Å². The fourth-order valence-electron chi connectivity index (χ4n) is 5.02. The third-order valence-electron chi connectivity index (χ3n) is 7.68. The number of ether oxygens (including phenoxy) is 5. The summed E-state index contributed by atoms with van der Waals surface area (Å²) in [6.45, 7) is 1.45. The minimum atomic E-state index is -1.78. The van der Waals surface area contributed by atoms with Gasteiger partial charge >= 0.3 is 0 Å². The number of hydrogen-bond donors (Lipinski definition) is 8. The predicted molar refractivity (Wildman–Crippen MR) is 150 cm³/mol. The van der Waals surface area contributed by atoms with E-state index in [0.29, 0.717) is 18.7 Å². The van der Waals surface area contributed by atoms with E-state index in [2.05, 4.69) is 12.2 Å². The molecule has 14 nitrogen and oxygen atoms in total. The van der Waals surface area contributed by atoms with E-state index in [9.17, 15) is 40.5 Å². The largest absolute Gasteiger partial charge is 0.493 e. The van der Waals surface area contributed by atoms with E-state index in [1.807, 2.05) is 0 Å². The van der Waals surface area contributed by atoms with Gasteiger partial charge in [-0.2, -0.15) is 0 Å². The maximum Gasteiger partial charge on any atom is 0.220 e. The van der Waals surface area contributed by atoms with Crippen LogP contribution in [0.2, 0.25) is 0 Å². The summed E-state index contributed by atoms with van der Waals surface area (Å²) in [5.74, 6) is 0.605. The topological polar surface area (TPSA) is 217 Å². The number of unbranched alkanes of at least 4 members (excludes halogenated alkanes) is 5. The fraction of sp³-hybridized carbons (Fsp3) is 0.759. The minimum absolute atomic E-state index is 0.0287. The van der Waals surface area contributed by atoms with Gasteiger partial charge in [-0.1, -0.05) is 45.1 Å². The zero-order valence-electron chi connectivity index (χ0n) is 24.7. The van der Waals surface area contributed by atoms with E-state index < -0.39 is 68.0 Å². The summed E-state index contributed by atoms with van der Waals surface area (Å²) in [4.78, 5) is 12.2. The molecule has 0 saturated carbocycles. The van der Waals surface area contributed by atoms with Gasteiger partial charge in [-0.15, -0.1) is 0 Å². The standard InChI is InChI=1S/C29H47NO13/c1-3-4-5-6-7-8-9-21(32)30-13-16-10-11-17(18(12-16)39-2)40-15-20-22(33)23(34)26(37)29(42-20)43-27-19(14-31)41-28(38)25(36)24(27)35/h10-12,19-20,22-29,31,33-38H,3-9,13-15H2,1-2H3,(H,30,32)/t19-,20-,22-,23+,24-,25-,26-,27-,28+,29-/m1/s1. The number of amides is 1. The quantitative estimate of drug-likeness (QED) is 0.105. The first kappa shape index (κ1) is 35.4. The Kier molecular flexibility index (Phi) is 14.3. The smallest absolute Gasteiger partial charge is 0.220 e. The van der Waals surface area contributed by atoms with Gasteiger partial charge in [0.05, 0.1) is 13.7 Å². The summed E-state index contributed by atoms with van der Waals surface area (Å²) in [7, 11) is 1.44. The van der Waals surface area contributed by atoms with Crippen molar-refractivity contribution in [3.8, 4) is 11.5 Å². The van der Waals surface area contributed by atoms with Crippen molar-refractivity contribution in [2.75, 3.05) is 20.3 Å². The molecule has 3 rings (SSSR count). The Morgan fingerprint density at radius 2 is 1.58 bits per heavy atom. The molecule has 0 aromatic heterocycles. The van der Waals surface area contributed by atoms with Gasteiger partial charge in [0, 0.05) is 13.0 Å². The molecule has 0 radical (unpaired) electrons. The molecule has 0 aliphatic carbocycles. The van der Waals surface area contributed by atoms with Crippen molar-refractivity contribution < 1.29 is 64.2 Å². The normalized spacial score (nSPS) is 32.8. The molecule has 2 aliphatic rings. The molecule has 2 saturated heterocycles. The molecule has 1 amide bonds.